The summed E-state index contributed by atoms with van der Waals surface area (Å²) in [7, 11) is 1.90. The number of nitrogens with zero attached hydrogens (tertiary/aromatic N) is 1. The van der Waals surface area contributed by atoms with Gasteiger partial charge >= 0.3 is 5.97 Å². The quantitative estimate of drug-likeness (QED) is 0.455. The highest BCUT2D eigenvalue weighted by Gasteiger charge is 2.16. The van der Waals surface area contributed by atoms with Gasteiger partial charge in [-0.25, -0.2) is 4.79 Å². The summed E-state index contributed by atoms with van der Waals surface area (Å²) >= 11 is 0. The fourth-order valence-electron chi connectivity index (χ4n) is 1.49. The molecule has 0 aliphatic heterocycles. The van der Waals surface area contributed by atoms with Gasteiger partial charge in [-0.3, -0.25) is 0 Å². The maximum Gasteiger partial charge on any atom is 0.335 e. The average Bonchev–Trinajstić information content (AvgIpc) is 2.28. The number of hydrogen-bond donors (Lipinski definition) is 0. The van der Waals surface area contributed by atoms with Gasteiger partial charge in [-0.05, 0) is 32.4 Å². The van der Waals surface area contributed by atoms with E-state index < -0.39 is 0 Å². The van der Waals surface area contributed by atoms with Crippen LogP contribution in [0.5, 0.6) is 0 Å². The molecular formula is C14H19NO2. The second-order valence-electron chi connectivity index (χ2n) is 4.18. The van der Waals surface area contributed by atoms with Crippen molar-refractivity contribution < 1.29 is 9.53 Å². The van der Waals surface area contributed by atoms with Gasteiger partial charge < -0.3 is 9.64 Å². The van der Waals surface area contributed by atoms with Crippen LogP contribution in [0.3, 0.4) is 0 Å². The molecule has 0 radical (unpaired) electrons. The zero-order valence-corrected chi connectivity index (χ0v) is 10.9. The minimum absolute atomic E-state index is 0.319. The Labute approximate surface area is 103 Å². The summed E-state index contributed by atoms with van der Waals surface area (Å²) in [4.78, 5) is 13.4. The van der Waals surface area contributed by atoms with E-state index in [2.05, 4.69) is 6.58 Å². The summed E-state index contributed by atoms with van der Waals surface area (Å²) in [5.74, 6) is -0.363. The van der Waals surface area contributed by atoms with E-state index in [9.17, 15) is 4.79 Å². The number of rotatable bonds is 4. The number of carbonyl (C=O) groups is 1. The zero-order chi connectivity index (χ0) is 13.0. The normalized spacial score (nSPS) is 11.8. The Bertz CT molecular complexity index is 426. The third-order valence-corrected chi connectivity index (χ3v) is 2.67. The van der Waals surface area contributed by atoms with Crippen molar-refractivity contribution in [3.8, 4) is 0 Å². The van der Waals surface area contributed by atoms with Crippen LogP contribution < -0.4 is 4.90 Å². The van der Waals surface area contributed by atoms with Crippen LogP contribution in [-0.2, 0) is 9.53 Å². The number of aryl methyl sites for hydroxylation is 1. The van der Waals surface area contributed by atoms with Crippen LogP contribution in [0.4, 0.5) is 5.69 Å². The summed E-state index contributed by atoms with van der Waals surface area (Å²) < 4.78 is 5.27. The molecule has 0 fully saturated rings. The molecular weight excluding hydrogens is 214 g/mol. The molecule has 1 aromatic carbocycles. The summed E-state index contributed by atoms with van der Waals surface area (Å²) in [6.07, 6.45) is -0.319. The van der Waals surface area contributed by atoms with E-state index in [1.165, 1.54) is 0 Å². The van der Waals surface area contributed by atoms with Gasteiger partial charge in [0.2, 0.25) is 0 Å². The van der Waals surface area contributed by atoms with Gasteiger partial charge in [0.05, 0.1) is 0 Å². The third kappa shape index (κ3) is 3.34. The molecule has 1 atom stereocenters. The summed E-state index contributed by atoms with van der Waals surface area (Å²) in [6, 6.07) is 7.98. The number of para-hydroxylation sites is 1. The molecule has 0 heterocycles. The Kier molecular flexibility index (Phi) is 4.32. The largest absolute Gasteiger partial charge is 0.439 e. The zero-order valence-electron chi connectivity index (χ0n) is 10.9. The summed E-state index contributed by atoms with van der Waals surface area (Å²) in [6.45, 7) is 9.07. The molecule has 1 aromatic rings. The van der Waals surface area contributed by atoms with E-state index in [-0.39, 0.29) is 12.2 Å². The van der Waals surface area contributed by atoms with Crippen LogP contribution in [0.1, 0.15) is 19.4 Å². The molecule has 0 saturated carbocycles. The molecule has 0 aliphatic rings. The van der Waals surface area contributed by atoms with E-state index >= 15 is 0 Å². The topological polar surface area (TPSA) is 29.5 Å². The fraction of sp³-hybridized carbons (Fsp3) is 0.357. The Balaban J connectivity index is 2.77. The lowest BCUT2D eigenvalue weighted by atomic mass is 10.2. The standard InChI is InChI=1S/C14H19NO2/c1-10(2)14(16)17-12(4)15(5)13-9-7-6-8-11(13)3/h6-9,12H,1H2,2-5H3. The molecule has 0 saturated heterocycles. The highest BCUT2D eigenvalue weighted by Crippen LogP contribution is 2.20. The highest BCUT2D eigenvalue weighted by molar-refractivity contribution is 5.87. The van der Waals surface area contributed by atoms with E-state index in [1.54, 1.807) is 6.92 Å². The molecule has 0 amide bonds. The number of esters is 1. The number of hydrogen-bond acceptors (Lipinski definition) is 3. The first-order valence-electron chi connectivity index (χ1n) is 5.58. The Hall–Kier alpha value is -1.77. The van der Waals surface area contributed by atoms with Gasteiger partial charge in [0.1, 0.15) is 0 Å². The first kappa shape index (κ1) is 13.3. The second-order valence-corrected chi connectivity index (χ2v) is 4.18. The van der Waals surface area contributed by atoms with Crippen LogP contribution in [0.15, 0.2) is 36.4 Å². The lowest BCUT2D eigenvalue weighted by Crippen LogP contribution is -2.33. The first-order chi connectivity index (χ1) is 7.93. The molecule has 1 unspecified atom stereocenters. The van der Waals surface area contributed by atoms with Crippen molar-refractivity contribution in [2.45, 2.75) is 27.0 Å². The predicted octanol–water partition coefficient (Wildman–Crippen LogP) is 2.90. The van der Waals surface area contributed by atoms with E-state index in [0.717, 1.165) is 11.3 Å². The Morgan fingerprint density at radius 3 is 2.53 bits per heavy atom. The molecule has 0 spiro atoms. The monoisotopic (exact) mass is 233 g/mol. The van der Waals surface area contributed by atoms with Crippen molar-refractivity contribution in [2.75, 3.05) is 11.9 Å². The molecule has 1 rings (SSSR count). The fourth-order valence-corrected chi connectivity index (χ4v) is 1.49. The third-order valence-electron chi connectivity index (χ3n) is 2.67. The van der Waals surface area contributed by atoms with Gasteiger partial charge in [0.15, 0.2) is 6.23 Å². The minimum Gasteiger partial charge on any atom is -0.439 e. The molecule has 17 heavy (non-hydrogen) atoms. The smallest absolute Gasteiger partial charge is 0.335 e. The number of carbonyl (C=O) groups excluding carboxylic acids is 1. The molecule has 3 nitrogen and oxygen atoms in total. The van der Waals surface area contributed by atoms with Crippen LogP contribution in [0, 0.1) is 6.92 Å². The van der Waals surface area contributed by atoms with Crippen LogP contribution in [-0.4, -0.2) is 19.2 Å². The molecule has 0 aliphatic carbocycles. The lowest BCUT2D eigenvalue weighted by Gasteiger charge is -2.27. The minimum atomic E-state index is -0.363. The van der Waals surface area contributed by atoms with Gasteiger partial charge in [-0.2, -0.15) is 0 Å². The van der Waals surface area contributed by atoms with Gasteiger partial charge in [-0.1, -0.05) is 24.8 Å². The van der Waals surface area contributed by atoms with Crippen molar-refractivity contribution in [3.05, 3.63) is 42.0 Å². The van der Waals surface area contributed by atoms with Crippen LogP contribution >= 0.6 is 0 Å². The number of anilines is 1. The lowest BCUT2D eigenvalue weighted by molar-refractivity contribution is -0.143. The van der Waals surface area contributed by atoms with Crippen molar-refractivity contribution in [1.29, 1.82) is 0 Å². The maximum atomic E-state index is 11.4. The van der Waals surface area contributed by atoms with Gasteiger partial charge in [-0.15, -0.1) is 0 Å². The summed E-state index contributed by atoms with van der Waals surface area (Å²) in [5.41, 5.74) is 2.61. The van der Waals surface area contributed by atoms with Crippen LogP contribution in [0.2, 0.25) is 0 Å². The molecule has 92 valence electrons. The molecule has 0 aromatic heterocycles. The highest BCUT2D eigenvalue weighted by atomic mass is 16.6. The average molecular weight is 233 g/mol. The number of ether oxygens (including phenoxy) is 1. The van der Waals surface area contributed by atoms with Crippen molar-refractivity contribution in [1.82, 2.24) is 0 Å². The van der Waals surface area contributed by atoms with Crippen molar-refractivity contribution >= 4 is 11.7 Å². The van der Waals surface area contributed by atoms with Crippen LogP contribution in [0.25, 0.3) is 0 Å². The van der Waals surface area contributed by atoms with Crippen molar-refractivity contribution in [2.24, 2.45) is 0 Å². The van der Waals surface area contributed by atoms with Gasteiger partial charge in [0, 0.05) is 18.3 Å². The second kappa shape index (κ2) is 5.53. The Morgan fingerprint density at radius 1 is 1.41 bits per heavy atom. The van der Waals surface area contributed by atoms with Gasteiger partial charge in [0.25, 0.3) is 0 Å². The maximum absolute atomic E-state index is 11.4. The summed E-state index contributed by atoms with van der Waals surface area (Å²) in [5, 5.41) is 0. The molecule has 3 heteroatoms. The molecule has 0 N–H and O–H groups in total. The first-order valence-corrected chi connectivity index (χ1v) is 5.58. The van der Waals surface area contributed by atoms with Crippen molar-refractivity contribution in [3.63, 3.8) is 0 Å². The SMILES string of the molecule is C=C(C)C(=O)OC(C)N(C)c1ccccc1C. The Morgan fingerprint density at radius 2 is 2.00 bits per heavy atom. The van der Waals surface area contributed by atoms with E-state index in [4.69, 9.17) is 4.74 Å². The number of benzene rings is 1. The van der Waals surface area contributed by atoms with E-state index in [1.807, 2.05) is 50.1 Å². The molecule has 0 bridgehead atoms. The van der Waals surface area contributed by atoms with E-state index in [0.29, 0.717) is 5.57 Å². The predicted molar refractivity (Wildman–Crippen MR) is 70.0 cm³/mol.